The lowest BCUT2D eigenvalue weighted by molar-refractivity contribution is -0.121. The largest absolute Gasteiger partial charge is 0.396 e. The van der Waals surface area contributed by atoms with Crippen molar-refractivity contribution >= 4 is 5.78 Å². The Hall–Kier alpha value is -0.670. The molecule has 0 spiro atoms. The van der Waals surface area contributed by atoms with Crippen molar-refractivity contribution in [3.63, 3.8) is 0 Å². The van der Waals surface area contributed by atoms with Gasteiger partial charge in [0.25, 0.3) is 0 Å². The molecule has 0 unspecified atom stereocenters. The molecule has 0 aliphatic heterocycles. The molecule has 0 aromatic carbocycles. The molecule has 0 amide bonds. The molecular formula is C25H48O3. The molecule has 0 saturated carbocycles. The average molecular weight is 397 g/mol. The van der Waals surface area contributed by atoms with Gasteiger partial charge in [-0.25, -0.2) is 0 Å². The lowest BCUT2D eigenvalue weighted by atomic mass is 9.94. The van der Waals surface area contributed by atoms with Crippen molar-refractivity contribution in [2.24, 2.45) is 5.92 Å². The van der Waals surface area contributed by atoms with Crippen LogP contribution in [0.15, 0.2) is 12.2 Å². The Balaban J connectivity index is 3.66. The molecule has 0 saturated heterocycles. The van der Waals surface area contributed by atoms with Crippen molar-refractivity contribution in [2.75, 3.05) is 6.61 Å². The van der Waals surface area contributed by atoms with Crippen molar-refractivity contribution < 1.29 is 15.0 Å². The SMILES string of the molecule is CCCCCCCCCCCCC/C=C/[C@@H](O)[C@H](CO)CC(=O)CCCCC. The Labute approximate surface area is 175 Å². The summed E-state index contributed by atoms with van der Waals surface area (Å²) in [5, 5.41) is 19.7. The first-order valence-electron chi connectivity index (χ1n) is 12.1. The highest BCUT2D eigenvalue weighted by atomic mass is 16.3. The van der Waals surface area contributed by atoms with E-state index < -0.39 is 6.10 Å². The van der Waals surface area contributed by atoms with Crippen LogP contribution in [0.2, 0.25) is 0 Å². The predicted molar refractivity (Wildman–Crippen MR) is 121 cm³/mol. The molecule has 0 rings (SSSR count). The minimum Gasteiger partial charge on any atom is -0.396 e. The van der Waals surface area contributed by atoms with Gasteiger partial charge in [0, 0.05) is 25.4 Å². The van der Waals surface area contributed by atoms with Crippen LogP contribution in [0.5, 0.6) is 0 Å². The van der Waals surface area contributed by atoms with Gasteiger partial charge in [0.15, 0.2) is 0 Å². The Morgan fingerprint density at radius 1 is 0.786 bits per heavy atom. The van der Waals surface area contributed by atoms with Crippen LogP contribution < -0.4 is 0 Å². The van der Waals surface area contributed by atoms with E-state index in [1.807, 2.05) is 6.08 Å². The quantitative estimate of drug-likeness (QED) is 0.167. The van der Waals surface area contributed by atoms with Crippen LogP contribution in [0.3, 0.4) is 0 Å². The second-order valence-corrected chi connectivity index (χ2v) is 8.39. The topological polar surface area (TPSA) is 57.5 Å². The second-order valence-electron chi connectivity index (χ2n) is 8.39. The second kappa shape index (κ2) is 21.0. The third-order valence-corrected chi connectivity index (χ3v) is 5.57. The summed E-state index contributed by atoms with van der Waals surface area (Å²) in [6.07, 6.45) is 22.7. The fraction of sp³-hybridized carbons (Fsp3) is 0.880. The van der Waals surface area contributed by atoms with E-state index in [4.69, 9.17) is 0 Å². The summed E-state index contributed by atoms with van der Waals surface area (Å²) in [5.41, 5.74) is 0. The monoisotopic (exact) mass is 396 g/mol. The number of hydrogen-bond donors (Lipinski definition) is 2. The van der Waals surface area contributed by atoms with Gasteiger partial charge in [-0.15, -0.1) is 0 Å². The molecule has 166 valence electrons. The van der Waals surface area contributed by atoms with Crippen LogP contribution >= 0.6 is 0 Å². The summed E-state index contributed by atoms with van der Waals surface area (Å²) in [5.74, 6) is -0.201. The van der Waals surface area contributed by atoms with Gasteiger partial charge in [-0.2, -0.15) is 0 Å². The molecule has 0 aromatic heterocycles. The number of unbranched alkanes of at least 4 members (excludes halogenated alkanes) is 13. The van der Waals surface area contributed by atoms with E-state index in [2.05, 4.69) is 13.8 Å². The van der Waals surface area contributed by atoms with Crippen molar-refractivity contribution in [3.8, 4) is 0 Å². The summed E-state index contributed by atoms with van der Waals surface area (Å²) >= 11 is 0. The van der Waals surface area contributed by atoms with E-state index in [9.17, 15) is 15.0 Å². The first-order valence-corrected chi connectivity index (χ1v) is 12.1. The summed E-state index contributed by atoms with van der Waals surface area (Å²) < 4.78 is 0. The molecule has 0 aromatic rings. The molecule has 3 heteroatoms. The fourth-order valence-electron chi connectivity index (χ4n) is 3.58. The van der Waals surface area contributed by atoms with Crippen LogP contribution in [0.4, 0.5) is 0 Å². The number of aliphatic hydroxyl groups excluding tert-OH is 2. The molecule has 2 atom stereocenters. The highest BCUT2D eigenvalue weighted by Crippen LogP contribution is 2.15. The zero-order valence-electron chi connectivity index (χ0n) is 18.8. The van der Waals surface area contributed by atoms with Gasteiger partial charge in [-0.05, 0) is 19.3 Å². The van der Waals surface area contributed by atoms with Crippen LogP contribution in [0.1, 0.15) is 123 Å². The van der Waals surface area contributed by atoms with Crippen LogP contribution in [-0.2, 0) is 4.79 Å². The molecule has 3 nitrogen and oxygen atoms in total. The van der Waals surface area contributed by atoms with Gasteiger partial charge in [0.05, 0.1) is 6.10 Å². The van der Waals surface area contributed by atoms with Crippen LogP contribution in [-0.4, -0.2) is 28.7 Å². The molecule has 0 heterocycles. The molecule has 0 fully saturated rings. The Morgan fingerprint density at radius 3 is 1.82 bits per heavy atom. The maximum Gasteiger partial charge on any atom is 0.133 e. The third-order valence-electron chi connectivity index (χ3n) is 5.57. The van der Waals surface area contributed by atoms with Gasteiger partial charge < -0.3 is 10.2 Å². The van der Waals surface area contributed by atoms with Gasteiger partial charge in [-0.3, -0.25) is 4.79 Å². The highest BCUT2D eigenvalue weighted by Gasteiger charge is 2.19. The molecule has 0 aliphatic carbocycles. The Kier molecular flexibility index (Phi) is 20.5. The Morgan fingerprint density at radius 2 is 1.29 bits per heavy atom. The normalized spacial score (nSPS) is 13.9. The molecule has 0 aliphatic rings. The Bertz CT molecular complexity index is 365. The van der Waals surface area contributed by atoms with Gasteiger partial charge in [-0.1, -0.05) is 103 Å². The number of Topliss-reactive ketones (excluding diaryl/α,β-unsaturated/α-hetero) is 1. The molecule has 0 bridgehead atoms. The maximum absolute atomic E-state index is 11.9. The van der Waals surface area contributed by atoms with E-state index in [0.717, 1.165) is 32.1 Å². The molecule has 28 heavy (non-hydrogen) atoms. The summed E-state index contributed by atoms with van der Waals surface area (Å²) in [6, 6.07) is 0. The molecule has 2 N–H and O–H groups in total. The van der Waals surface area contributed by atoms with Gasteiger partial charge >= 0.3 is 0 Å². The summed E-state index contributed by atoms with van der Waals surface area (Å²) in [4.78, 5) is 11.9. The third kappa shape index (κ3) is 17.4. The van der Waals surface area contributed by atoms with E-state index in [0.29, 0.717) is 6.42 Å². The minimum atomic E-state index is -0.715. The number of aliphatic hydroxyl groups is 2. The van der Waals surface area contributed by atoms with Crippen molar-refractivity contribution in [3.05, 3.63) is 12.2 Å². The average Bonchev–Trinajstić information content (AvgIpc) is 2.69. The van der Waals surface area contributed by atoms with Crippen LogP contribution in [0.25, 0.3) is 0 Å². The molecular weight excluding hydrogens is 348 g/mol. The number of rotatable bonds is 21. The summed E-state index contributed by atoms with van der Waals surface area (Å²) in [6.45, 7) is 4.24. The number of allylic oxidation sites excluding steroid dienone is 1. The summed E-state index contributed by atoms with van der Waals surface area (Å²) in [7, 11) is 0. The van der Waals surface area contributed by atoms with Gasteiger partial charge in [0.2, 0.25) is 0 Å². The van der Waals surface area contributed by atoms with E-state index >= 15 is 0 Å². The fourth-order valence-corrected chi connectivity index (χ4v) is 3.58. The highest BCUT2D eigenvalue weighted by molar-refractivity contribution is 5.78. The van der Waals surface area contributed by atoms with Crippen molar-refractivity contribution in [2.45, 2.75) is 129 Å². The van der Waals surface area contributed by atoms with Crippen molar-refractivity contribution in [1.82, 2.24) is 0 Å². The maximum atomic E-state index is 11.9. The van der Waals surface area contributed by atoms with E-state index in [-0.39, 0.29) is 24.7 Å². The standard InChI is InChI=1S/C25H48O3/c1-3-5-7-8-9-10-11-12-13-14-15-16-18-20-25(28)23(22-26)21-24(27)19-17-6-4-2/h18,20,23,25-26,28H,3-17,19,21-22H2,1-2H3/b20-18+/t23-,25+/m0/s1. The first-order chi connectivity index (χ1) is 13.7. The zero-order chi connectivity index (χ0) is 20.9. The number of carbonyl (C=O) groups is 1. The number of carbonyl (C=O) groups excluding carboxylic acids is 1. The molecule has 0 radical (unpaired) electrons. The van der Waals surface area contributed by atoms with Crippen LogP contribution in [0, 0.1) is 5.92 Å². The lowest BCUT2D eigenvalue weighted by Crippen LogP contribution is -2.24. The number of hydrogen-bond acceptors (Lipinski definition) is 3. The smallest absolute Gasteiger partial charge is 0.133 e. The van der Waals surface area contributed by atoms with E-state index in [1.54, 1.807) is 6.08 Å². The van der Waals surface area contributed by atoms with Gasteiger partial charge in [0.1, 0.15) is 5.78 Å². The van der Waals surface area contributed by atoms with Crippen molar-refractivity contribution in [1.29, 1.82) is 0 Å². The van der Waals surface area contributed by atoms with E-state index in [1.165, 1.54) is 64.2 Å². The first kappa shape index (κ1) is 27.3. The lowest BCUT2D eigenvalue weighted by Gasteiger charge is -2.17. The number of ketones is 1. The predicted octanol–water partition coefficient (Wildman–Crippen LogP) is 6.75. The zero-order valence-corrected chi connectivity index (χ0v) is 18.8. The minimum absolute atomic E-state index is 0.135.